The molecule has 0 saturated carbocycles. The Kier molecular flexibility index (Phi) is 4.07. The van der Waals surface area contributed by atoms with Crippen LogP contribution in [0.25, 0.3) is 55.6 Å². The normalized spacial score (nSPS) is 11.4. The average molecular weight is 420 g/mol. The van der Waals surface area contributed by atoms with Gasteiger partial charge in [0.25, 0.3) is 0 Å². The van der Waals surface area contributed by atoms with Crippen molar-refractivity contribution in [3.05, 3.63) is 73.6 Å². The van der Waals surface area contributed by atoms with Crippen LogP contribution in [0.5, 0.6) is 0 Å². The van der Waals surface area contributed by atoms with Crippen molar-refractivity contribution in [3.8, 4) is 33.6 Å². The maximum absolute atomic E-state index is 5.29. The molecule has 6 aromatic rings. The van der Waals surface area contributed by atoms with Crippen LogP contribution < -0.4 is 4.90 Å². The van der Waals surface area contributed by atoms with Gasteiger partial charge in [-0.2, -0.15) is 5.10 Å². The molecule has 2 N–H and O–H groups in total. The molecular formula is C25H20N6O. The highest BCUT2D eigenvalue weighted by atomic mass is 16.3. The molecule has 0 spiro atoms. The van der Waals surface area contributed by atoms with Crippen LogP contribution in [0.1, 0.15) is 0 Å². The van der Waals surface area contributed by atoms with E-state index in [1.807, 2.05) is 49.7 Å². The van der Waals surface area contributed by atoms with Crippen LogP contribution in [0.3, 0.4) is 0 Å². The maximum Gasteiger partial charge on any atom is 0.181 e. The lowest BCUT2D eigenvalue weighted by atomic mass is 10.0. The number of aromatic nitrogens is 5. The standard InChI is InChI=1S/C25H20N6O/c1-31(2)18-8-16(11-26-13-18)17-9-21-24(29-30-25(21)27-12-17)23-10-20-19(15-6-7-32-14-15)4-3-5-22(20)28-23/h3-14,28H,1-2H3,(H,27,29,30). The van der Waals surface area contributed by atoms with E-state index in [0.29, 0.717) is 5.65 Å². The number of aromatic amines is 2. The van der Waals surface area contributed by atoms with E-state index >= 15 is 0 Å². The van der Waals surface area contributed by atoms with Crippen LogP contribution in [-0.2, 0) is 0 Å². The van der Waals surface area contributed by atoms with Gasteiger partial charge < -0.3 is 14.3 Å². The number of rotatable bonds is 4. The minimum Gasteiger partial charge on any atom is -0.472 e. The summed E-state index contributed by atoms with van der Waals surface area (Å²) in [5.74, 6) is 0. The molecule has 5 heterocycles. The van der Waals surface area contributed by atoms with Gasteiger partial charge in [-0.15, -0.1) is 0 Å². The van der Waals surface area contributed by atoms with Crippen molar-refractivity contribution < 1.29 is 4.42 Å². The zero-order valence-electron chi connectivity index (χ0n) is 17.6. The molecule has 32 heavy (non-hydrogen) atoms. The van der Waals surface area contributed by atoms with Crippen LogP contribution in [0, 0.1) is 0 Å². The Morgan fingerprint density at radius 2 is 1.81 bits per heavy atom. The van der Waals surface area contributed by atoms with Crippen LogP contribution in [0.2, 0.25) is 0 Å². The second-order valence-electron chi connectivity index (χ2n) is 7.98. The van der Waals surface area contributed by atoms with Crippen LogP contribution in [0.15, 0.2) is 78.0 Å². The summed E-state index contributed by atoms with van der Waals surface area (Å²) in [5, 5.41) is 9.67. The molecule has 0 amide bonds. The lowest BCUT2D eigenvalue weighted by molar-refractivity contribution is 0.568. The van der Waals surface area contributed by atoms with Crippen molar-refractivity contribution >= 4 is 27.6 Å². The number of hydrogen-bond donors (Lipinski definition) is 2. The van der Waals surface area contributed by atoms with E-state index in [1.54, 1.807) is 12.5 Å². The molecule has 0 saturated heterocycles. The largest absolute Gasteiger partial charge is 0.472 e. The Hall–Kier alpha value is -4.39. The van der Waals surface area contributed by atoms with Gasteiger partial charge in [-0.1, -0.05) is 12.1 Å². The Balaban J connectivity index is 1.49. The predicted octanol–water partition coefficient (Wildman–Crippen LogP) is 5.49. The minimum absolute atomic E-state index is 0.675. The smallest absolute Gasteiger partial charge is 0.181 e. The van der Waals surface area contributed by atoms with E-state index in [1.165, 1.54) is 0 Å². The molecule has 0 bridgehead atoms. The summed E-state index contributed by atoms with van der Waals surface area (Å²) in [6.07, 6.45) is 9.00. The molecule has 0 fully saturated rings. The highest BCUT2D eigenvalue weighted by Gasteiger charge is 2.15. The van der Waals surface area contributed by atoms with Crippen LogP contribution >= 0.6 is 0 Å². The van der Waals surface area contributed by atoms with E-state index in [0.717, 1.165) is 55.6 Å². The molecule has 5 aromatic heterocycles. The van der Waals surface area contributed by atoms with Crippen molar-refractivity contribution in [2.45, 2.75) is 0 Å². The molecule has 1 aromatic carbocycles. The molecule has 0 aliphatic heterocycles. The summed E-state index contributed by atoms with van der Waals surface area (Å²) in [6.45, 7) is 0. The Morgan fingerprint density at radius 1 is 0.906 bits per heavy atom. The van der Waals surface area contributed by atoms with E-state index in [4.69, 9.17) is 4.42 Å². The summed E-state index contributed by atoms with van der Waals surface area (Å²) in [4.78, 5) is 14.5. The minimum atomic E-state index is 0.675. The topological polar surface area (TPSA) is 86.6 Å². The summed E-state index contributed by atoms with van der Waals surface area (Å²) < 4.78 is 5.29. The second-order valence-corrected chi connectivity index (χ2v) is 7.98. The van der Waals surface area contributed by atoms with Crippen LogP contribution in [0.4, 0.5) is 5.69 Å². The molecule has 0 unspecified atom stereocenters. The number of nitrogens with one attached hydrogen (secondary N) is 2. The number of fused-ring (bicyclic) bond motifs is 2. The monoisotopic (exact) mass is 420 g/mol. The van der Waals surface area contributed by atoms with Crippen molar-refractivity contribution in [1.82, 2.24) is 25.1 Å². The number of pyridine rings is 2. The molecule has 7 nitrogen and oxygen atoms in total. The first-order chi connectivity index (χ1) is 15.7. The molecule has 0 aliphatic carbocycles. The van der Waals surface area contributed by atoms with Crippen molar-refractivity contribution in [2.24, 2.45) is 0 Å². The highest BCUT2D eigenvalue weighted by molar-refractivity contribution is 6.01. The van der Waals surface area contributed by atoms with E-state index in [-0.39, 0.29) is 0 Å². The fourth-order valence-corrected chi connectivity index (χ4v) is 4.05. The lowest BCUT2D eigenvalue weighted by Crippen LogP contribution is -2.08. The van der Waals surface area contributed by atoms with Gasteiger partial charge in [0.15, 0.2) is 5.65 Å². The summed E-state index contributed by atoms with van der Waals surface area (Å²) >= 11 is 0. The first kappa shape index (κ1) is 18.4. The first-order valence-corrected chi connectivity index (χ1v) is 10.3. The molecule has 0 atom stereocenters. The number of furan rings is 1. The molecular weight excluding hydrogens is 400 g/mol. The highest BCUT2D eigenvalue weighted by Crippen LogP contribution is 2.35. The third-order valence-electron chi connectivity index (χ3n) is 5.75. The third kappa shape index (κ3) is 2.94. The Labute approximate surface area is 183 Å². The summed E-state index contributed by atoms with van der Waals surface area (Å²) in [7, 11) is 4.01. The zero-order chi connectivity index (χ0) is 21.7. The number of hydrogen-bond acceptors (Lipinski definition) is 5. The SMILES string of the molecule is CN(C)c1cncc(-c2cnc3n[nH]c(-c4cc5c(-c6ccoc6)cccc5[nH]4)c3c2)c1. The van der Waals surface area contributed by atoms with Gasteiger partial charge in [0.1, 0.15) is 0 Å². The first-order valence-electron chi connectivity index (χ1n) is 10.3. The van der Waals surface area contributed by atoms with Gasteiger partial charge in [-0.25, -0.2) is 4.98 Å². The molecule has 6 rings (SSSR count). The quantitative estimate of drug-likeness (QED) is 0.394. The Bertz CT molecular complexity index is 1560. The summed E-state index contributed by atoms with van der Waals surface area (Å²) in [5.41, 5.74) is 8.79. The van der Waals surface area contributed by atoms with Crippen molar-refractivity contribution in [1.29, 1.82) is 0 Å². The third-order valence-corrected chi connectivity index (χ3v) is 5.75. The number of nitrogens with zero attached hydrogens (tertiary/aromatic N) is 4. The number of H-pyrrole nitrogens is 2. The summed E-state index contributed by atoms with van der Waals surface area (Å²) in [6, 6.07) is 14.5. The average Bonchev–Trinajstić information content (AvgIpc) is 3.57. The fourth-order valence-electron chi connectivity index (χ4n) is 4.05. The molecule has 0 aliphatic rings. The molecule has 0 radical (unpaired) electrons. The number of benzene rings is 1. The molecule has 156 valence electrons. The fraction of sp³-hybridized carbons (Fsp3) is 0.0800. The number of anilines is 1. The van der Waals surface area contributed by atoms with E-state index < -0.39 is 0 Å². The zero-order valence-corrected chi connectivity index (χ0v) is 17.6. The maximum atomic E-state index is 5.29. The van der Waals surface area contributed by atoms with Gasteiger partial charge in [-0.05, 0) is 35.9 Å². The van der Waals surface area contributed by atoms with Gasteiger partial charge in [0.05, 0.1) is 35.8 Å². The van der Waals surface area contributed by atoms with E-state index in [9.17, 15) is 0 Å². The van der Waals surface area contributed by atoms with E-state index in [2.05, 4.69) is 55.5 Å². The van der Waals surface area contributed by atoms with Crippen LogP contribution in [-0.4, -0.2) is 39.2 Å². The van der Waals surface area contributed by atoms with Gasteiger partial charge in [0.2, 0.25) is 0 Å². The molecule has 7 heteroatoms. The van der Waals surface area contributed by atoms with Gasteiger partial charge in [0, 0.05) is 59.5 Å². The van der Waals surface area contributed by atoms with Crippen molar-refractivity contribution in [2.75, 3.05) is 19.0 Å². The lowest BCUT2D eigenvalue weighted by Gasteiger charge is -2.12. The second kappa shape index (κ2) is 7.09. The Morgan fingerprint density at radius 3 is 2.66 bits per heavy atom. The van der Waals surface area contributed by atoms with Gasteiger partial charge >= 0.3 is 0 Å². The predicted molar refractivity (Wildman–Crippen MR) is 126 cm³/mol. The van der Waals surface area contributed by atoms with Gasteiger partial charge in [-0.3, -0.25) is 10.1 Å². The van der Waals surface area contributed by atoms with Crippen molar-refractivity contribution in [3.63, 3.8) is 0 Å².